The summed E-state index contributed by atoms with van der Waals surface area (Å²) >= 11 is 6.18. The van der Waals surface area contributed by atoms with E-state index in [0.29, 0.717) is 11.7 Å². The molecule has 1 saturated heterocycles. The van der Waals surface area contributed by atoms with E-state index >= 15 is 0 Å². The van der Waals surface area contributed by atoms with Crippen molar-refractivity contribution < 1.29 is 9.84 Å². The Kier molecular flexibility index (Phi) is 4.96. The number of morpholine rings is 1. The molecular weight excluding hydrogens is 266 g/mol. The zero-order valence-electron chi connectivity index (χ0n) is 11.3. The van der Waals surface area contributed by atoms with Crippen LogP contribution < -0.4 is 4.90 Å². The van der Waals surface area contributed by atoms with Crippen molar-refractivity contribution in [1.29, 1.82) is 0 Å². The molecule has 2 heterocycles. The van der Waals surface area contributed by atoms with E-state index in [9.17, 15) is 5.11 Å². The average Bonchev–Trinajstić information content (AvgIpc) is 2.40. The first-order chi connectivity index (χ1) is 9.15. The van der Waals surface area contributed by atoms with Crippen LogP contribution in [0.1, 0.15) is 25.8 Å². The Balaban J connectivity index is 2.27. The van der Waals surface area contributed by atoms with Crippen LogP contribution >= 0.6 is 11.6 Å². The molecule has 1 fully saturated rings. The second kappa shape index (κ2) is 6.50. The average molecular weight is 286 g/mol. The van der Waals surface area contributed by atoms with Gasteiger partial charge in [0.1, 0.15) is 17.3 Å². The van der Waals surface area contributed by atoms with Crippen molar-refractivity contribution in [2.45, 2.75) is 38.9 Å². The van der Waals surface area contributed by atoms with Crippen LogP contribution in [0.25, 0.3) is 0 Å². The van der Waals surface area contributed by atoms with E-state index in [0.717, 1.165) is 30.8 Å². The molecule has 1 aliphatic heterocycles. The fourth-order valence-corrected chi connectivity index (χ4v) is 2.66. The van der Waals surface area contributed by atoms with Crippen LogP contribution in [-0.4, -0.2) is 47.0 Å². The number of nitrogens with zero attached hydrogens (tertiary/aromatic N) is 3. The Morgan fingerprint density at radius 1 is 1.47 bits per heavy atom. The Hall–Kier alpha value is -0.910. The molecule has 0 bridgehead atoms. The van der Waals surface area contributed by atoms with Crippen LogP contribution in [-0.2, 0) is 11.2 Å². The van der Waals surface area contributed by atoms with Crippen LogP contribution in [0.15, 0.2) is 6.33 Å². The summed E-state index contributed by atoms with van der Waals surface area (Å²) in [5.74, 6) is 0.871. The van der Waals surface area contributed by atoms with Crippen molar-refractivity contribution in [3.8, 4) is 0 Å². The lowest BCUT2D eigenvalue weighted by molar-refractivity contribution is -0.0423. The van der Waals surface area contributed by atoms with Crippen molar-refractivity contribution >= 4 is 17.4 Å². The van der Waals surface area contributed by atoms with Crippen molar-refractivity contribution in [2.24, 2.45) is 0 Å². The SMILES string of the molecule is CCCc1c(Cl)ncnc1N1CC(C)OC(CO)C1. The highest BCUT2D eigenvalue weighted by Crippen LogP contribution is 2.27. The maximum Gasteiger partial charge on any atom is 0.137 e. The van der Waals surface area contributed by atoms with E-state index in [1.165, 1.54) is 6.33 Å². The number of hydrogen-bond donors (Lipinski definition) is 1. The van der Waals surface area contributed by atoms with Crippen LogP contribution in [0.3, 0.4) is 0 Å². The van der Waals surface area contributed by atoms with Gasteiger partial charge in [0.25, 0.3) is 0 Å². The summed E-state index contributed by atoms with van der Waals surface area (Å²) in [4.78, 5) is 10.6. The van der Waals surface area contributed by atoms with Crippen LogP contribution in [0, 0.1) is 0 Å². The van der Waals surface area contributed by atoms with Crippen molar-refractivity contribution in [2.75, 3.05) is 24.6 Å². The molecule has 2 rings (SSSR count). The molecule has 5 nitrogen and oxygen atoms in total. The summed E-state index contributed by atoms with van der Waals surface area (Å²) in [7, 11) is 0. The van der Waals surface area contributed by atoms with Gasteiger partial charge in [-0.1, -0.05) is 24.9 Å². The van der Waals surface area contributed by atoms with Gasteiger partial charge in [-0.2, -0.15) is 0 Å². The van der Waals surface area contributed by atoms with Gasteiger partial charge in [0.15, 0.2) is 0 Å². The van der Waals surface area contributed by atoms with Crippen molar-refractivity contribution in [3.63, 3.8) is 0 Å². The van der Waals surface area contributed by atoms with E-state index in [4.69, 9.17) is 16.3 Å². The topological polar surface area (TPSA) is 58.5 Å². The van der Waals surface area contributed by atoms with Gasteiger partial charge in [0, 0.05) is 18.7 Å². The van der Waals surface area contributed by atoms with Gasteiger partial charge in [0.05, 0.1) is 18.8 Å². The second-order valence-electron chi connectivity index (χ2n) is 4.87. The first-order valence-corrected chi connectivity index (χ1v) is 7.04. The lowest BCUT2D eigenvalue weighted by atomic mass is 10.1. The molecule has 0 saturated carbocycles. The molecule has 0 aromatic carbocycles. The molecule has 0 spiro atoms. The van der Waals surface area contributed by atoms with Gasteiger partial charge < -0.3 is 14.7 Å². The standard InChI is InChI=1S/C13H20ClN3O2/c1-3-4-11-12(14)15-8-16-13(11)17-5-9(2)19-10(6-17)7-18/h8-10,18H,3-7H2,1-2H3. The number of rotatable bonds is 4. The van der Waals surface area contributed by atoms with Crippen LogP contribution in [0.2, 0.25) is 5.15 Å². The molecule has 6 heteroatoms. The maximum absolute atomic E-state index is 9.29. The van der Waals surface area contributed by atoms with Crippen LogP contribution in [0.5, 0.6) is 0 Å². The number of halogens is 1. The van der Waals surface area contributed by atoms with Gasteiger partial charge in [-0.25, -0.2) is 9.97 Å². The molecule has 1 aliphatic rings. The number of anilines is 1. The molecule has 19 heavy (non-hydrogen) atoms. The quantitative estimate of drug-likeness (QED) is 0.853. The smallest absolute Gasteiger partial charge is 0.137 e. The highest BCUT2D eigenvalue weighted by Gasteiger charge is 2.27. The Bertz CT molecular complexity index is 430. The molecule has 2 unspecified atom stereocenters. The fourth-order valence-electron chi connectivity index (χ4n) is 2.44. The molecule has 1 aromatic rings. The predicted octanol–water partition coefficient (Wildman–Crippen LogP) is 1.67. The minimum Gasteiger partial charge on any atom is -0.394 e. The molecule has 1 aromatic heterocycles. The lowest BCUT2D eigenvalue weighted by Crippen LogP contribution is -2.48. The predicted molar refractivity (Wildman–Crippen MR) is 74.7 cm³/mol. The van der Waals surface area contributed by atoms with Crippen LogP contribution in [0.4, 0.5) is 5.82 Å². The second-order valence-corrected chi connectivity index (χ2v) is 5.23. The van der Waals surface area contributed by atoms with Crippen molar-refractivity contribution in [1.82, 2.24) is 9.97 Å². The van der Waals surface area contributed by atoms with E-state index in [2.05, 4.69) is 21.8 Å². The first kappa shape index (κ1) is 14.5. The normalized spacial score (nSPS) is 23.7. The fraction of sp³-hybridized carbons (Fsp3) is 0.692. The Morgan fingerprint density at radius 3 is 2.95 bits per heavy atom. The Labute approximate surface area is 118 Å². The number of aliphatic hydroxyl groups excluding tert-OH is 1. The summed E-state index contributed by atoms with van der Waals surface area (Å²) in [5.41, 5.74) is 0.984. The molecule has 0 radical (unpaired) electrons. The van der Waals surface area contributed by atoms with Gasteiger partial charge in [-0.3, -0.25) is 0 Å². The molecule has 1 N–H and O–H groups in total. The highest BCUT2D eigenvalue weighted by molar-refractivity contribution is 6.30. The van der Waals surface area contributed by atoms with Gasteiger partial charge in [-0.05, 0) is 13.3 Å². The third-order valence-corrected chi connectivity index (χ3v) is 3.53. The minimum absolute atomic E-state index is 0.0166. The monoisotopic (exact) mass is 285 g/mol. The number of aromatic nitrogens is 2. The largest absolute Gasteiger partial charge is 0.394 e. The van der Waals surface area contributed by atoms with E-state index in [-0.39, 0.29) is 18.8 Å². The first-order valence-electron chi connectivity index (χ1n) is 6.66. The van der Waals surface area contributed by atoms with E-state index in [1.54, 1.807) is 0 Å². The molecular formula is C13H20ClN3O2. The van der Waals surface area contributed by atoms with Gasteiger partial charge in [-0.15, -0.1) is 0 Å². The summed E-state index contributed by atoms with van der Waals surface area (Å²) in [6.07, 6.45) is 3.22. The third-order valence-electron chi connectivity index (χ3n) is 3.20. The minimum atomic E-state index is -0.174. The molecule has 2 atom stereocenters. The zero-order chi connectivity index (χ0) is 13.8. The lowest BCUT2D eigenvalue weighted by Gasteiger charge is -2.37. The summed E-state index contributed by atoms with van der Waals surface area (Å²) in [6.45, 7) is 5.50. The van der Waals surface area contributed by atoms with Gasteiger partial charge in [0.2, 0.25) is 0 Å². The van der Waals surface area contributed by atoms with E-state index in [1.807, 2.05) is 6.92 Å². The van der Waals surface area contributed by atoms with Gasteiger partial charge >= 0.3 is 0 Å². The summed E-state index contributed by atoms with van der Waals surface area (Å²) in [5, 5.41) is 9.81. The van der Waals surface area contributed by atoms with Crippen molar-refractivity contribution in [3.05, 3.63) is 17.0 Å². The number of hydrogen-bond acceptors (Lipinski definition) is 5. The van der Waals surface area contributed by atoms with E-state index < -0.39 is 0 Å². The summed E-state index contributed by atoms with van der Waals surface area (Å²) < 4.78 is 5.65. The number of aliphatic hydroxyl groups is 1. The molecule has 0 aliphatic carbocycles. The molecule has 0 amide bonds. The zero-order valence-corrected chi connectivity index (χ0v) is 12.1. The maximum atomic E-state index is 9.29. The highest BCUT2D eigenvalue weighted by atomic mass is 35.5. The summed E-state index contributed by atoms with van der Waals surface area (Å²) in [6, 6.07) is 0. The number of ether oxygens (including phenoxy) is 1. The Morgan fingerprint density at radius 2 is 2.26 bits per heavy atom. The third kappa shape index (κ3) is 3.35. The molecule has 106 valence electrons.